The number of piperidine rings is 1. The second-order valence-corrected chi connectivity index (χ2v) is 4.93. The molecule has 0 bridgehead atoms. The van der Waals surface area contributed by atoms with Crippen molar-refractivity contribution < 1.29 is 14.7 Å². The lowest BCUT2D eigenvalue weighted by Gasteiger charge is -2.36. The maximum absolute atomic E-state index is 12.3. The van der Waals surface area contributed by atoms with Crippen molar-refractivity contribution in [3.8, 4) is 0 Å². The molecule has 0 spiro atoms. The van der Waals surface area contributed by atoms with Crippen LogP contribution in [0.3, 0.4) is 0 Å². The third-order valence-corrected chi connectivity index (χ3v) is 3.82. The molecule has 5 nitrogen and oxygen atoms in total. The average Bonchev–Trinajstić information content (AvgIpc) is 2.39. The second kappa shape index (κ2) is 6.61. The Kier molecular flexibility index (Phi) is 5.44. The topological polar surface area (TPSA) is 60.9 Å². The molecule has 0 aliphatic carbocycles. The zero-order valence-electron chi connectivity index (χ0n) is 11.6. The zero-order valence-corrected chi connectivity index (χ0v) is 11.6. The van der Waals surface area contributed by atoms with Gasteiger partial charge in [-0.2, -0.15) is 0 Å². The van der Waals surface area contributed by atoms with Gasteiger partial charge < -0.3 is 14.9 Å². The normalized spacial score (nSPS) is 18.5. The Labute approximate surface area is 109 Å². The molecule has 1 aliphatic rings. The first-order valence-corrected chi connectivity index (χ1v) is 6.79. The highest BCUT2D eigenvalue weighted by Gasteiger charge is 2.29. The van der Waals surface area contributed by atoms with Crippen LogP contribution in [0, 0.1) is 5.92 Å². The summed E-state index contributed by atoms with van der Waals surface area (Å²) in [6, 6.07) is 0.287. The van der Waals surface area contributed by atoms with Crippen molar-refractivity contribution in [2.75, 3.05) is 19.6 Å². The van der Waals surface area contributed by atoms with E-state index in [4.69, 9.17) is 5.11 Å². The molecule has 0 aromatic rings. The van der Waals surface area contributed by atoms with Gasteiger partial charge >= 0.3 is 12.0 Å². The largest absolute Gasteiger partial charge is 0.481 e. The molecule has 18 heavy (non-hydrogen) atoms. The van der Waals surface area contributed by atoms with Gasteiger partial charge in [0.05, 0.1) is 5.92 Å². The van der Waals surface area contributed by atoms with Crippen molar-refractivity contribution in [3.63, 3.8) is 0 Å². The van der Waals surface area contributed by atoms with Crippen LogP contribution in [0.15, 0.2) is 0 Å². The van der Waals surface area contributed by atoms with Crippen LogP contribution < -0.4 is 0 Å². The van der Waals surface area contributed by atoms with Gasteiger partial charge in [0.2, 0.25) is 0 Å². The standard InChI is InChI=1S/C13H24N2O3/c1-4-10(3)15(5-2)13(18)14-8-6-11(7-9-14)12(16)17/h10-11H,4-9H2,1-3H3,(H,16,17). The highest BCUT2D eigenvalue weighted by atomic mass is 16.4. The number of urea groups is 1. The fourth-order valence-electron chi connectivity index (χ4n) is 2.36. The van der Waals surface area contributed by atoms with Crippen molar-refractivity contribution in [2.24, 2.45) is 5.92 Å². The van der Waals surface area contributed by atoms with Gasteiger partial charge in [0.15, 0.2) is 0 Å². The molecule has 1 atom stereocenters. The van der Waals surface area contributed by atoms with Crippen LogP contribution in [0.4, 0.5) is 4.79 Å². The number of carbonyl (C=O) groups is 2. The van der Waals surface area contributed by atoms with E-state index >= 15 is 0 Å². The molecule has 1 unspecified atom stereocenters. The van der Waals surface area contributed by atoms with Gasteiger partial charge in [-0.15, -0.1) is 0 Å². The van der Waals surface area contributed by atoms with Gasteiger partial charge in [-0.25, -0.2) is 4.79 Å². The minimum absolute atomic E-state index is 0.0516. The maximum Gasteiger partial charge on any atom is 0.320 e. The third kappa shape index (κ3) is 3.37. The quantitative estimate of drug-likeness (QED) is 0.837. The summed E-state index contributed by atoms with van der Waals surface area (Å²) in [6.45, 7) is 7.91. The van der Waals surface area contributed by atoms with Crippen LogP contribution in [-0.4, -0.2) is 52.6 Å². The first kappa shape index (κ1) is 14.8. The minimum Gasteiger partial charge on any atom is -0.481 e. The van der Waals surface area contributed by atoms with E-state index in [2.05, 4.69) is 6.92 Å². The number of amides is 2. The van der Waals surface area contributed by atoms with Gasteiger partial charge in [-0.1, -0.05) is 6.92 Å². The van der Waals surface area contributed by atoms with Gasteiger partial charge in [-0.3, -0.25) is 4.79 Å². The molecule has 1 N–H and O–H groups in total. The highest BCUT2D eigenvalue weighted by molar-refractivity contribution is 5.75. The summed E-state index contributed by atoms with van der Waals surface area (Å²) in [5.41, 5.74) is 0. The summed E-state index contributed by atoms with van der Waals surface area (Å²) < 4.78 is 0. The molecule has 5 heteroatoms. The fourth-order valence-corrected chi connectivity index (χ4v) is 2.36. The fraction of sp³-hybridized carbons (Fsp3) is 0.846. The number of aliphatic carboxylic acids is 1. The summed E-state index contributed by atoms with van der Waals surface area (Å²) in [4.78, 5) is 26.8. The van der Waals surface area contributed by atoms with Crippen LogP contribution in [-0.2, 0) is 4.79 Å². The summed E-state index contributed by atoms with van der Waals surface area (Å²) in [5.74, 6) is -1.02. The lowest BCUT2D eigenvalue weighted by atomic mass is 9.97. The molecule has 0 aromatic heterocycles. The predicted molar refractivity (Wildman–Crippen MR) is 69.5 cm³/mol. The summed E-state index contributed by atoms with van der Waals surface area (Å²) in [7, 11) is 0. The molecule has 0 saturated carbocycles. The lowest BCUT2D eigenvalue weighted by Crippen LogP contribution is -2.50. The zero-order chi connectivity index (χ0) is 13.7. The van der Waals surface area contributed by atoms with Gasteiger partial charge in [0, 0.05) is 25.7 Å². The average molecular weight is 256 g/mol. The van der Waals surface area contributed by atoms with Gasteiger partial charge in [-0.05, 0) is 33.1 Å². The Morgan fingerprint density at radius 1 is 1.33 bits per heavy atom. The summed E-state index contributed by atoms with van der Waals surface area (Å²) in [5, 5.41) is 8.93. The number of carboxylic acid groups (broad SMARTS) is 1. The van der Waals surface area contributed by atoms with Crippen molar-refractivity contribution in [2.45, 2.75) is 46.1 Å². The number of carbonyl (C=O) groups excluding carboxylic acids is 1. The maximum atomic E-state index is 12.3. The Balaban J connectivity index is 2.55. The number of carboxylic acids is 1. The van der Waals surface area contributed by atoms with E-state index in [0.717, 1.165) is 6.42 Å². The number of nitrogens with zero attached hydrogens (tertiary/aromatic N) is 2. The second-order valence-electron chi connectivity index (χ2n) is 4.93. The molecular formula is C13H24N2O3. The predicted octanol–water partition coefficient (Wildman–Crippen LogP) is 2.02. The van der Waals surface area contributed by atoms with Crippen molar-refractivity contribution in [3.05, 3.63) is 0 Å². The number of hydrogen-bond donors (Lipinski definition) is 1. The first-order valence-electron chi connectivity index (χ1n) is 6.79. The molecular weight excluding hydrogens is 232 g/mol. The van der Waals surface area contributed by atoms with Crippen LogP contribution in [0.1, 0.15) is 40.0 Å². The number of rotatable bonds is 4. The Morgan fingerprint density at radius 2 is 1.89 bits per heavy atom. The molecule has 1 saturated heterocycles. The molecule has 2 amide bonds. The number of likely N-dealkylation sites (tertiary alicyclic amines) is 1. The van der Waals surface area contributed by atoms with Crippen molar-refractivity contribution in [1.82, 2.24) is 9.80 Å². The smallest absolute Gasteiger partial charge is 0.320 e. The molecule has 0 radical (unpaired) electrons. The molecule has 1 fully saturated rings. The van der Waals surface area contributed by atoms with E-state index in [0.29, 0.717) is 32.5 Å². The minimum atomic E-state index is -0.739. The van der Waals surface area contributed by atoms with Crippen molar-refractivity contribution in [1.29, 1.82) is 0 Å². The molecule has 0 aromatic carbocycles. The van der Waals surface area contributed by atoms with Gasteiger partial charge in [0.1, 0.15) is 0 Å². The third-order valence-electron chi connectivity index (χ3n) is 3.82. The monoisotopic (exact) mass is 256 g/mol. The summed E-state index contributed by atoms with van der Waals surface area (Å²) in [6.07, 6.45) is 2.07. The van der Waals surface area contributed by atoms with E-state index in [-0.39, 0.29) is 18.0 Å². The highest BCUT2D eigenvalue weighted by Crippen LogP contribution is 2.19. The van der Waals surface area contributed by atoms with Gasteiger partial charge in [0.25, 0.3) is 0 Å². The van der Waals surface area contributed by atoms with E-state index < -0.39 is 5.97 Å². The van der Waals surface area contributed by atoms with E-state index in [1.165, 1.54) is 0 Å². The first-order chi connectivity index (χ1) is 8.51. The van der Waals surface area contributed by atoms with Crippen LogP contribution in [0.25, 0.3) is 0 Å². The number of hydrogen-bond acceptors (Lipinski definition) is 2. The Bertz CT molecular complexity index is 299. The lowest BCUT2D eigenvalue weighted by molar-refractivity contribution is -0.143. The van der Waals surface area contributed by atoms with E-state index in [1.54, 1.807) is 4.90 Å². The van der Waals surface area contributed by atoms with E-state index in [9.17, 15) is 9.59 Å². The Morgan fingerprint density at radius 3 is 2.28 bits per heavy atom. The molecule has 1 aliphatic heterocycles. The molecule has 104 valence electrons. The Hall–Kier alpha value is -1.26. The molecule has 1 heterocycles. The molecule has 1 rings (SSSR count). The SMILES string of the molecule is CCC(C)N(CC)C(=O)N1CCC(C(=O)O)CC1. The summed E-state index contributed by atoms with van der Waals surface area (Å²) >= 11 is 0. The van der Waals surface area contributed by atoms with Crippen molar-refractivity contribution >= 4 is 12.0 Å². The van der Waals surface area contributed by atoms with Crippen LogP contribution in [0.5, 0.6) is 0 Å². The van der Waals surface area contributed by atoms with Crippen LogP contribution >= 0.6 is 0 Å². The van der Waals surface area contributed by atoms with E-state index in [1.807, 2.05) is 18.7 Å². The van der Waals surface area contributed by atoms with Crippen LogP contribution in [0.2, 0.25) is 0 Å².